The molecule has 1 heterocycles. The maximum Gasteiger partial charge on any atom is 0.0612 e. The Morgan fingerprint density at radius 3 is 2.67 bits per heavy atom. The molecular formula is C7H12O2. The van der Waals surface area contributed by atoms with Crippen molar-refractivity contribution >= 4 is 0 Å². The summed E-state index contributed by atoms with van der Waals surface area (Å²) in [4.78, 5) is 0. The first kappa shape index (κ1) is 6.78. The molecular weight excluding hydrogens is 116 g/mol. The molecule has 9 heavy (non-hydrogen) atoms. The second kappa shape index (κ2) is 2.50. The van der Waals surface area contributed by atoms with Gasteiger partial charge in [-0.15, -0.1) is 0 Å². The number of aliphatic hydroxyl groups is 1. The average molecular weight is 128 g/mol. The van der Waals surface area contributed by atoms with E-state index in [9.17, 15) is 0 Å². The molecule has 0 bridgehead atoms. The van der Waals surface area contributed by atoms with E-state index in [1.807, 2.05) is 6.08 Å². The van der Waals surface area contributed by atoms with Crippen LogP contribution in [-0.4, -0.2) is 24.9 Å². The lowest BCUT2D eigenvalue weighted by Crippen LogP contribution is -2.37. The molecule has 1 rings (SSSR count). The number of rotatable bonds is 2. The summed E-state index contributed by atoms with van der Waals surface area (Å²) in [5.74, 6) is 0. The van der Waals surface area contributed by atoms with Gasteiger partial charge in [-0.3, -0.25) is 0 Å². The highest BCUT2D eigenvalue weighted by atomic mass is 16.5. The second-order valence-corrected chi connectivity index (χ2v) is 2.73. The molecule has 2 heteroatoms. The topological polar surface area (TPSA) is 29.5 Å². The first-order valence-corrected chi connectivity index (χ1v) is 3.13. The van der Waals surface area contributed by atoms with Gasteiger partial charge in [-0.25, -0.2) is 0 Å². The van der Waals surface area contributed by atoms with Gasteiger partial charge in [-0.1, -0.05) is 19.1 Å². The lowest BCUT2D eigenvalue weighted by atomic mass is 9.88. The van der Waals surface area contributed by atoms with Crippen LogP contribution in [0.25, 0.3) is 0 Å². The van der Waals surface area contributed by atoms with E-state index in [0.29, 0.717) is 0 Å². The first-order chi connectivity index (χ1) is 4.27. The van der Waals surface area contributed by atoms with Crippen LogP contribution in [0.4, 0.5) is 0 Å². The van der Waals surface area contributed by atoms with Crippen LogP contribution < -0.4 is 0 Å². The Balaban J connectivity index is 2.32. The minimum absolute atomic E-state index is 0.135. The van der Waals surface area contributed by atoms with E-state index in [1.54, 1.807) is 6.08 Å². The molecule has 0 aromatic rings. The maximum atomic E-state index is 8.42. The molecule has 2 nitrogen and oxygen atoms in total. The van der Waals surface area contributed by atoms with E-state index < -0.39 is 0 Å². The van der Waals surface area contributed by atoms with E-state index in [4.69, 9.17) is 9.84 Å². The number of ether oxygens (including phenoxy) is 1. The van der Waals surface area contributed by atoms with Crippen molar-refractivity contribution in [3.63, 3.8) is 0 Å². The molecule has 0 aliphatic carbocycles. The molecule has 0 aromatic carbocycles. The van der Waals surface area contributed by atoms with Crippen molar-refractivity contribution < 1.29 is 9.84 Å². The fourth-order valence-corrected chi connectivity index (χ4v) is 0.857. The van der Waals surface area contributed by atoms with Gasteiger partial charge in [-0.05, 0) is 0 Å². The third-order valence-corrected chi connectivity index (χ3v) is 1.49. The molecule has 0 atom stereocenters. The molecule has 1 N–H and O–H groups in total. The highest BCUT2D eigenvalue weighted by Gasteiger charge is 2.29. The Bertz CT molecular complexity index is 114. The van der Waals surface area contributed by atoms with Gasteiger partial charge in [0.05, 0.1) is 19.8 Å². The van der Waals surface area contributed by atoms with E-state index in [0.717, 1.165) is 13.2 Å². The number of aliphatic hydroxyl groups excluding tert-OH is 1. The van der Waals surface area contributed by atoms with Crippen LogP contribution in [0.1, 0.15) is 6.92 Å². The minimum atomic E-state index is 0.135. The van der Waals surface area contributed by atoms with Crippen LogP contribution in [0.2, 0.25) is 0 Å². The zero-order chi connectivity index (χ0) is 6.74. The van der Waals surface area contributed by atoms with E-state index in [2.05, 4.69) is 6.92 Å². The molecule has 0 aromatic heterocycles. The van der Waals surface area contributed by atoms with Gasteiger partial charge in [0.15, 0.2) is 0 Å². The summed E-state index contributed by atoms with van der Waals surface area (Å²) in [6.07, 6.45) is 3.78. The normalized spacial score (nSPS) is 24.2. The second-order valence-electron chi connectivity index (χ2n) is 2.73. The molecule has 1 aliphatic heterocycles. The molecule has 0 spiro atoms. The van der Waals surface area contributed by atoms with Crippen LogP contribution in [0.3, 0.4) is 0 Å². The summed E-state index contributed by atoms with van der Waals surface area (Å²) in [6.45, 7) is 3.84. The Morgan fingerprint density at radius 2 is 2.33 bits per heavy atom. The van der Waals surface area contributed by atoms with Crippen LogP contribution in [0, 0.1) is 5.41 Å². The summed E-state index contributed by atoms with van der Waals surface area (Å²) in [6, 6.07) is 0. The van der Waals surface area contributed by atoms with Crippen molar-refractivity contribution in [3.8, 4) is 0 Å². The largest absolute Gasteiger partial charge is 0.392 e. The Hall–Kier alpha value is -0.340. The third kappa shape index (κ3) is 1.53. The molecule has 1 fully saturated rings. The number of hydrogen-bond acceptors (Lipinski definition) is 2. The minimum Gasteiger partial charge on any atom is -0.392 e. The van der Waals surface area contributed by atoms with Crippen molar-refractivity contribution in [1.29, 1.82) is 0 Å². The van der Waals surface area contributed by atoms with Gasteiger partial charge >= 0.3 is 0 Å². The SMILES string of the molecule is CC1(/C=C/CO)COC1. The van der Waals surface area contributed by atoms with Gasteiger partial charge in [-0.2, -0.15) is 0 Å². The Labute approximate surface area is 55.1 Å². The smallest absolute Gasteiger partial charge is 0.0612 e. The summed E-state index contributed by atoms with van der Waals surface area (Å²) in [5.41, 5.74) is 0.211. The summed E-state index contributed by atoms with van der Waals surface area (Å²) < 4.78 is 5.00. The number of hydrogen-bond donors (Lipinski definition) is 1. The zero-order valence-corrected chi connectivity index (χ0v) is 5.63. The van der Waals surface area contributed by atoms with Crippen LogP contribution >= 0.6 is 0 Å². The molecule has 0 unspecified atom stereocenters. The zero-order valence-electron chi connectivity index (χ0n) is 5.63. The fraction of sp³-hybridized carbons (Fsp3) is 0.714. The Morgan fingerprint density at radius 1 is 1.67 bits per heavy atom. The molecule has 52 valence electrons. The van der Waals surface area contributed by atoms with Gasteiger partial charge in [0.1, 0.15) is 0 Å². The first-order valence-electron chi connectivity index (χ1n) is 3.13. The van der Waals surface area contributed by atoms with Crippen LogP contribution in [0.15, 0.2) is 12.2 Å². The van der Waals surface area contributed by atoms with Crippen molar-refractivity contribution in [1.82, 2.24) is 0 Å². The van der Waals surface area contributed by atoms with Gasteiger partial charge in [0.2, 0.25) is 0 Å². The monoisotopic (exact) mass is 128 g/mol. The molecule has 1 saturated heterocycles. The standard InChI is InChI=1S/C7H12O2/c1-7(3-2-4-8)5-9-6-7/h2-3,8H,4-6H2,1H3/b3-2+. The van der Waals surface area contributed by atoms with Crippen LogP contribution in [-0.2, 0) is 4.74 Å². The lowest BCUT2D eigenvalue weighted by Gasteiger charge is -2.35. The summed E-state index contributed by atoms with van der Waals surface area (Å²) in [7, 11) is 0. The van der Waals surface area contributed by atoms with Crippen molar-refractivity contribution in [3.05, 3.63) is 12.2 Å². The predicted molar refractivity (Wildman–Crippen MR) is 35.2 cm³/mol. The fourth-order valence-electron chi connectivity index (χ4n) is 0.857. The quantitative estimate of drug-likeness (QED) is 0.551. The summed E-state index contributed by atoms with van der Waals surface area (Å²) in [5, 5.41) is 8.42. The average Bonchev–Trinajstić information content (AvgIpc) is 1.79. The van der Waals surface area contributed by atoms with Crippen LogP contribution in [0.5, 0.6) is 0 Å². The molecule has 0 saturated carbocycles. The van der Waals surface area contributed by atoms with E-state index in [-0.39, 0.29) is 12.0 Å². The van der Waals surface area contributed by atoms with E-state index >= 15 is 0 Å². The van der Waals surface area contributed by atoms with Crippen molar-refractivity contribution in [2.45, 2.75) is 6.92 Å². The third-order valence-electron chi connectivity index (χ3n) is 1.49. The van der Waals surface area contributed by atoms with Gasteiger partial charge < -0.3 is 9.84 Å². The molecule has 0 amide bonds. The van der Waals surface area contributed by atoms with Gasteiger partial charge in [0, 0.05) is 5.41 Å². The van der Waals surface area contributed by atoms with Gasteiger partial charge in [0.25, 0.3) is 0 Å². The highest BCUT2D eigenvalue weighted by Crippen LogP contribution is 2.27. The maximum absolute atomic E-state index is 8.42. The summed E-state index contributed by atoms with van der Waals surface area (Å²) >= 11 is 0. The predicted octanol–water partition coefficient (Wildman–Crippen LogP) is 0.571. The molecule has 1 aliphatic rings. The van der Waals surface area contributed by atoms with Crippen molar-refractivity contribution in [2.75, 3.05) is 19.8 Å². The van der Waals surface area contributed by atoms with Crippen molar-refractivity contribution in [2.24, 2.45) is 5.41 Å². The highest BCUT2D eigenvalue weighted by molar-refractivity contribution is 5.01. The lowest BCUT2D eigenvalue weighted by molar-refractivity contribution is -0.0710. The molecule has 0 radical (unpaired) electrons. The Kier molecular flexibility index (Phi) is 1.88. The van der Waals surface area contributed by atoms with E-state index in [1.165, 1.54) is 0 Å².